The lowest BCUT2D eigenvalue weighted by Gasteiger charge is -2.28. The molecule has 122 valence electrons. The Bertz CT molecular complexity index is 485. The van der Waals surface area contributed by atoms with E-state index in [4.69, 9.17) is 0 Å². The number of carbonyl (C=O) groups is 2. The van der Waals surface area contributed by atoms with E-state index in [-0.39, 0.29) is 24.5 Å². The Balaban J connectivity index is 2.71. The first-order valence-electron chi connectivity index (χ1n) is 7.75. The SMILES string of the molecule is CCc1ccc(NC(=O)N(CCC(=O)OC)C(C)CC)cc1. The van der Waals surface area contributed by atoms with Crippen LogP contribution in [0.2, 0.25) is 0 Å². The fraction of sp³-hybridized carbons (Fsp3) is 0.529. The second-order valence-corrected chi connectivity index (χ2v) is 5.26. The van der Waals surface area contributed by atoms with E-state index in [1.54, 1.807) is 4.90 Å². The zero-order valence-corrected chi connectivity index (χ0v) is 13.9. The minimum absolute atomic E-state index is 0.0552. The summed E-state index contributed by atoms with van der Waals surface area (Å²) in [6.07, 6.45) is 1.98. The molecule has 0 heterocycles. The summed E-state index contributed by atoms with van der Waals surface area (Å²) in [6, 6.07) is 7.65. The van der Waals surface area contributed by atoms with Crippen LogP contribution < -0.4 is 5.32 Å². The summed E-state index contributed by atoms with van der Waals surface area (Å²) >= 11 is 0. The van der Waals surface area contributed by atoms with E-state index in [1.807, 2.05) is 38.1 Å². The molecule has 0 radical (unpaired) electrons. The van der Waals surface area contributed by atoms with Crippen molar-refractivity contribution in [2.45, 2.75) is 46.1 Å². The molecular formula is C17H26N2O3. The summed E-state index contributed by atoms with van der Waals surface area (Å²) in [4.78, 5) is 25.4. The lowest BCUT2D eigenvalue weighted by Crippen LogP contribution is -2.42. The van der Waals surface area contributed by atoms with Gasteiger partial charge in [0.25, 0.3) is 0 Å². The number of methoxy groups -OCH3 is 1. The molecule has 0 aliphatic carbocycles. The molecule has 0 saturated carbocycles. The fourth-order valence-corrected chi connectivity index (χ4v) is 2.08. The fourth-order valence-electron chi connectivity index (χ4n) is 2.08. The van der Waals surface area contributed by atoms with Crippen LogP contribution in [-0.4, -0.2) is 36.6 Å². The van der Waals surface area contributed by atoms with Crippen molar-refractivity contribution in [2.24, 2.45) is 0 Å². The maximum absolute atomic E-state index is 12.4. The maximum Gasteiger partial charge on any atom is 0.322 e. The van der Waals surface area contributed by atoms with E-state index in [0.29, 0.717) is 6.54 Å². The lowest BCUT2D eigenvalue weighted by atomic mass is 10.1. The lowest BCUT2D eigenvalue weighted by molar-refractivity contribution is -0.140. The zero-order chi connectivity index (χ0) is 16.5. The van der Waals surface area contributed by atoms with Crippen LogP contribution in [0.25, 0.3) is 0 Å². The Kier molecular flexibility index (Phi) is 7.43. The third-order valence-corrected chi connectivity index (χ3v) is 3.78. The largest absolute Gasteiger partial charge is 0.469 e. The van der Waals surface area contributed by atoms with Gasteiger partial charge in [0.2, 0.25) is 0 Å². The van der Waals surface area contributed by atoms with Crippen molar-refractivity contribution in [1.82, 2.24) is 4.90 Å². The van der Waals surface area contributed by atoms with Crippen LogP contribution >= 0.6 is 0 Å². The number of hydrogen-bond acceptors (Lipinski definition) is 3. The van der Waals surface area contributed by atoms with Gasteiger partial charge in [0.1, 0.15) is 0 Å². The van der Waals surface area contributed by atoms with Gasteiger partial charge in [-0.1, -0.05) is 26.0 Å². The molecule has 0 aliphatic heterocycles. The number of carbonyl (C=O) groups excluding carboxylic acids is 2. The summed E-state index contributed by atoms with van der Waals surface area (Å²) in [5.41, 5.74) is 1.98. The van der Waals surface area contributed by atoms with E-state index in [2.05, 4.69) is 17.0 Å². The highest BCUT2D eigenvalue weighted by Gasteiger charge is 2.20. The second-order valence-electron chi connectivity index (χ2n) is 5.26. The van der Waals surface area contributed by atoms with Gasteiger partial charge in [0, 0.05) is 18.3 Å². The van der Waals surface area contributed by atoms with Gasteiger partial charge in [-0.25, -0.2) is 4.79 Å². The molecule has 0 fully saturated rings. The van der Waals surface area contributed by atoms with Crippen molar-refractivity contribution in [3.8, 4) is 0 Å². The quantitative estimate of drug-likeness (QED) is 0.785. The molecule has 0 aliphatic rings. The first-order valence-corrected chi connectivity index (χ1v) is 7.75. The number of anilines is 1. The highest BCUT2D eigenvalue weighted by Crippen LogP contribution is 2.13. The molecule has 0 bridgehead atoms. The topological polar surface area (TPSA) is 58.6 Å². The Morgan fingerprint density at radius 3 is 2.36 bits per heavy atom. The number of urea groups is 1. The molecular weight excluding hydrogens is 280 g/mol. The van der Waals surface area contributed by atoms with Crippen LogP contribution in [-0.2, 0) is 16.0 Å². The molecule has 1 atom stereocenters. The predicted molar refractivity (Wildman–Crippen MR) is 87.9 cm³/mol. The number of hydrogen-bond donors (Lipinski definition) is 1. The molecule has 0 aromatic heterocycles. The Labute approximate surface area is 132 Å². The number of aryl methyl sites for hydroxylation is 1. The number of ether oxygens (including phenoxy) is 1. The maximum atomic E-state index is 12.4. The molecule has 1 N–H and O–H groups in total. The van der Waals surface area contributed by atoms with Crippen molar-refractivity contribution < 1.29 is 14.3 Å². The molecule has 2 amide bonds. The molecule has 1 rings (SSSR count). The summed E-state index contributed by atoms with van der Waals surface area (Å²) in [5.74, 6) is -0.312. The number of esters is 1. The van der Waals surface area contributed by atoms with Crippen LogP contribution in [0.5, 0.6) is 0 Å². The van der Waals surface area contributed by atoms with Crippen molar-refractivity contribution in [3.05, 3.63) is 29.8 Å². The van der Waals surface area contributed by atoms with Crippen molar-refractivity contribution in [3.63, 3.8) is 0 Å². The van der Waals surface area contributed by atoms with Gasteiger partial charge in [0.05, 0.1) is 13.5 Å². The van der Waals surface area contributed by atoms with E-state index in [0.717, 1.165) is 18.5 Å². The monoisotopic (exact) mass is 306 g/mol. The first kappa shape index (κ1) is 18.0. The summed E-state index contributed by atoms with van der Waals surface area (Å²) < 4.78 is 4.64. The minimum atomic E-state index is -0.312. The molecule has 1 aromatic rings. The summed E-state index contributed by atoms with van der Waals surface area (Å²) in [6.45, 7) is 6.42. The molecule has 5 heteroatoms. The smallest absolute Gasteiger partial charge is 0.322 e. The van der Waals surface area contributed by atoms with Gasteiger partial charge in [-0.15, -0.1) is 0 Å². The van der Waals surface area contributed by atoms with Gasteiger partial charge >= 0.3 is 12.0 Å². The van der Waals surface area contributed by atoms with Crippen molar-refractivity contribution >= 4 is 17.7 Å². The number of amides is 2. The average Bonchev–Trinajstić information content (AvgIpc) is 2.55. The average molecular weight is 306 g/mol. The van der Waals surface area contributed by atoms with Crippen LogP contribution in [0.1, 0.15) is 39.2 Å². The number of nitrogens with zero attached hydrogens (tertiary/aromatic N) is 1. The van der Waals surface area contributed by atoms with E-state index < -0.39 is 0 Å². The van der Waals surface area contributed by atoms with Gasteiger partial charge < -0.3 is 15.0 Å². The zero-order valence-electron chi connectivity index (χ0n) is 13.9. The third-order valence-electron chi connectivity index (χ3n) is 3.78. The van der Waals surface area contributed by atoms with Gasteiger partial charge in [0.15, 0.2) is 0 Å². The summed E-state index contributed by atoms with van der Waals surface area (Å²) in [7, 11) is 1.35. The van der Waals surface area contributed by atoms with Gasteiger partial charge in [-0.05, 0) is 37.5 Å². The molecule has 22 heavy (non-hydrogen) atoms. The van der Waals surface area contributed by atoms with Crippen LogP contribution in [0.4, 0.5) is 10.5 Å². The Morgan fingerprint density at radius 1 is 1.23 bits per heavy atom. The number of nitrogens with one attached hydrogen (secondary N) is 1. The van der Waals surface area contributed by atoms with E-state index >= 15 is 0 Å². The highest BCUT2D eigenvalue weighted by atomic mass is 16.5. The molecule has 0 spiro atoms. The highest BCUT2D eigenvalue weighted by molar-refractivity contribution is 5.89. The Hall–Kier alpha value is -2.04. The Morgan fingerprint density at radius 2 is 1.86 bits per heavy atom. The number of rotatable bonds is 7. The molecule has 5 nitrogen and oxygen atoms in total. The second kappa shape index (κ2) is 9.07. The molecule has 0 saturated heterocycles. The standard InChI is InChI=1S/C17H26N2O3/c1-5-13(3)19(12-11-16(20)22-4)17(21)18-15-9-7-14(6-2)8-10-15/h7-10,13H,5-6,11-12H2,1-4H3,(H,18,21). The van der Waals surface area contributed by atoms with Crippen LogP contribution in [0, 0.1) is 0 Å². The summed E-state index contributed by atoms with van der Waals surface area (Å²) in [5, 5.41) is 2.89. The van der Waals surface area contributed by atoms with Crippen molar-refractivity contribution in [1.29, 1.82) is 0 Å². The van der Waals surface area contributed by atoms with Gasteiger partial charge in [-0.2, -0.15) is 0 Å². The molecule has 1 unspecified atom stereocenters. The van der Waals surface area contributed by atoms with Crippen LogP contribution in [0.15, 0.2) is 24.3 Å². The van der Waals surface area contributed by atoms with Crippen molar-refractivity contribution in [2.75, 3.05) is 19.0 Å². The van der Waals surface area contributed by atoms with E-state index in [9.17, 15) is 9.59 Å². The third kappa shape index (κ3) is 5.39. The first-order chi connectivity index (χ1) is 10.5. The van der Waals surface area contributed by atoms with Crippen LogP contribution in [0.3, 0.4) is 0 Å². The number of benzene rings is 1. The predicted octanol–water partition coefficient (Wildman–Crippen LogP) is 3.44. The molecule has 1 aromatic carbocycles. The van der Waals surface area contributed by atoms with Gasteiger partial charge in [-0.3, -0.25) is 4.79 Å². The van der Waals surface area contributed by atoms with E-state index in [1.165, 1.54) is 12.7 Å². The normalized spacial score (nSPS) is 11.6. The minimum Gasteiger partial charge on any atom is -0.469 e.